The van der Waals surface area contributed by atoms with Crippen molar-refractivity contribution in [3.05, 3.63) is 0 Å². The SMILES string of the molecule is C.CCCCC.CCCO. The molecule has 66 valence electrons. The third kappa shape index (κ3) is 44.0. The summed E-state index contributed by atoms with van der Waals surface area (Å²) in [6.45, 7) is 6.67. The highest BCUT2D eigenvalue weighted by molar-refractivity contribution is 4.24. The molecule has 0 aromatic heterocycles. The molecular formula is C9H24O. The number of aliphatic hydroxyl groups is 1. The molecule has 0 aliphatic rings. The predicted octanol–water partition coefficient (Wildman–Crippen LogP) is 3.22. The van der Waals surface area contributed by atoms with Gasteiger partial charge in [-0.3, -0.25) is 0 Å². The van der Waals surface area contributed by atoms with Crippen LogP contribution in [-0.2, 0) is 0 Å². The van der Waals surface area contributed by atoms with Gasteiger partial charge in [-0.2, -0.15) is 0 Å². The summed E-state index contributed by atoms with van der Waals surface area (Å²) < 4.78 is 0. The van der Waals surface area contributed by atoms with Crippen LogP contribution >= 0.6 is 0 Å². The molecular weight excluding hydrogens is 124 g/mol. The molecule has 0 rings (SSSR count). The number of unbranched alkanes of at least 4 members (excludes halogenated alkanes) is 2. The van der Waals surface area contributed by atoms with E-state index in [1.54, 1.807) is 0 Å². The van der Waals surface area contributed by atoms with Gasteiger partial charge >= 0.3 is 0 Å². The maximum atomic E-state index is 7.88. The fourth-order valence-corrected chi connectivity index (χ4v) is 0.354. The van der Waals surface area contributed by atoms with Crippen LogP contribution < -0.4 is 0 Å². The van der Waals surface area contributed by atoms with Crippen LogP contribution in [0.3, 0.4) is 0 Å². The average Bonchev–Trinajstić information content (AvgIpc) is 1.91. The first kappa shape index (κ1) is 16.5. The van der Waals surface area contributed by atoms with Gasteiger partial charge in [0, 0.05) is 6.61 Å². The van der Waals surface area contributed by atoms with E-state index in [4.69, 9.17) is 5.11 Å². The summed E-state index contributed by atoms with van der Waals surface area (Å²) in [6.07, 6.45) is 4.95. The van der Waals surface area contributed by atoms with Crippen LogP contribution in [0.5, 0.6) is 0 Å². The molecule has 0 heterocycles. The zero-order valence-corrected chi connectivity index (χ0v) is 6.98. The van der Waals surface area contributed by atoms with Crippen LogP contribution in [0.1, 0.15) is 53.9 Å². The Morgan fingerprint density at radius 1 is 0.900 bits per heavy atom. The molecule has 0 atom stereocenters. The lowest BCUT2D eigenvalue weighted by Crippen LogP contribution is -1.69. The van der Waals surface area contributed by atoms with Crippen molar-refractivity contribution < 1.29 is 5.11 Å². The first-order chi connectivity index (χ1) is 4.33. The highest BCUT2D eigenvalue weighted by Crippen LogP contribution is 1.88. The van der Waals surface area contributed by atoms with E-state index >= 15 is 0 Å². The van der Waals surface area contributed by atoms with Crippen molar-refractivity contribution in [3.8, 4) is 0 Å². The third-order valence-corrected chi connectivity index (χ3v) is 0.931. The molecule has 0 aliphatic heterocycles. The van der Waals surface area contributed by atoms with Crippen molar-refractivity contribution in [1.29, 1.82) is 0 Å². The van der Waals surface area contributed by atoms with E-state index < -0.39 is 0 Å². The van der Waals surface area contributed by atoms with Gasteiger partial charge in [0.05, 0.1) is 0 Å². The molecule has 0 aliphatic carbocycles. The normalized spacial score (nSPS) is 7.20. The Kier molecular flexibility index (Phi) is 38.1. The molecule has 0 fully saturated rings. The van der Waals surface area contributed by atoms with E-state index in [2.05, 4.69) is 13.8 Å². The van der Waals surface area contributed by atoms with Gasteiger partial charge in [-0.25, -0.2) is 0 Å². The number of rotatable bonds is 3. The zero-order valence-electron chi connectivity index (χ0n) is 6.98. The van der Waals surface area contributed by atoms with Gasteiger partial charge in [0.25, 0.3) is 0 Å². The Labute approximate surface area is 66.5 Å². The second-order valence-corrected chi connectivity index (χ2v) is 2.08. The summed E-state index contributed by atoms with van der Waals surface area (Å²) >= 11 is 0. The quantitative estimate of drug-likeness (QED) is 0.651. The molecule has 0 amide bonds. The minimum Gasteiger partial charge on any atom is -0.396 e. The highest BCUT2D eigenvalue weighted by Gasteiger charge is 1.68. The second kappa shape index (κ2) is 23.1. The van der Waals surface area contributed by atoms with Crippen molar-refractivity contribution >= 4 is 0 Å². The smallest absolute Gasteiger partial charge is 0.0428 e. The van der Waals surface area contributed by atoms with E-state index in [1.165, 1.54) is 19.3 Å². The van der Waals surface area contributed by atoms with E-state index in [9.17, 15) is 0 Å². The standard InChI is InChI=1S/C5H12.C3H8O.CH4/c1-3-5-4-2;1-2-3-4;/h3-5H2,1-2H3;4H,2-3H2,1H3;1H4. The minimum atomic E-state index is 0. The van der Waals surface area contributed by atoms with Crippen LogP contribution in [-0.4, -0.2) is 11.7 Å². The largest absolute Gasteiger partial charge is 0.396 e. The average molecular weight is 148 g/mol. The second-order valence-electron chi connectivity index (χ2n) is 2.08. The molecule has 1 nitrogen and oxygen atoms in total. The van der Waals surface area contributed by atoms with Crippen molar-refractivity contribution in [3.63, 3.8) is 0 Å². The summed E-state index contributed by atoms with van der Waals surface area (Å²) in [5.41, 5.74) is 0. The Morgan fingerprint density at radius 2 is 1.20 bits per heavy atom. The molecule has 10 heavy (non-hydrogen) atoms. The molecule has 0 saturated carbocycles. The lowest BCUT2D eigenvalue weighted by atomic mass is 10.3. The van der Waals surface area contributed by atoms with Gasteiger partial charge < -0.3 is 5.11 Å². The molecule has 1 N–H and O–H groups in total. The Hall–Kier alpha value is -0.0400. The van der Waals surface area contributed by atoms with E-state index in [0.717, 1.165) is 6.42 Å². The summed E-state index contributed by atoms with van der Waals surface area (Å²) in [5, 5.41) is 7.88. The zero-order chi connectivity index (χ0) is 7.54. The summed E-state index contributed by atoms with van der Waals surface area (Å²) in [6, 6.07) is 0. The summed E-state index contributed by atoms with van der Waals surface area (Å²) in [4.78, 5) is 0. The van der Waals surface area contributed by atoms with E-state index in [1.807, 2.05) is 6.92 Å². The molecule has 1 heteroatoms. The first-order valence-corrected chi connectivity index (χ1v) is 3.94. The van der Waals surface area contributed by atoms with Crippen LogP contribution in [0.15, 0.2) is 0 Å². The maximum absolute atomic E-state index is 7.88. The highest BCUT2D eigenvalue weighted by atomic mass is 16.2. The molecule has 0 spiro atoms. The maximum Gasteiger partial charge on any atom is 0.0428 e. The monoisotopic (exact) mass is 148 g/mol. The molecule has 0 saturated heterocycles. The lowest BCUT2D eigenvalue weighted by Gasteiger charge is -1.79. The van der Waals surface area contributed by atoms with Crippen LogP contribution in [0.2, 0.25) is 0 Å². The predicted molar refractivity (Wildman–Crippen MR) is 49.3 cm³/mol. The van der Waals surface area contributed by atoms with Gasteiger partial charge in [0.15, 0.2) is 0 Å². The number of hydrogen-bond donors (Lipinski definition) is 1. The van der Waals surface area contributed by atoms with Crippen molar-refractivity contribution in [1.82, 2.24) is 0 Å². The Morgan fingerprint density at radius 3 is 1.20 bits per heavy atom. The van der Waals surface area contributed by atoms with Gasteiger partial charge in [-0.05, 0) is 6.42 Å². The Balaban J connectivity index is -0.0000000910. The van der Waals surface area contributed by atoms with E-state index in [-0.39, 0.29) is 7.43 Å². The fraction of sp³-hybridized carbons (Fsp3) is 1.00. The number of hydrogen-bond acceptors (Lipinski definition) is 1. The minimum absolute atomic E-state index is 0. The first-order valence-electron chi connectivity index (χ1n) is 3.94. The lowest BCUT2D eigenvalue weighted by molar-refractivity contribution is 0.295. The van der Waals surface area contributed by atoms with Crippen LogP contribution in [0.4, 0.5) is 0 Å². The van der Waals surface area contributed by atoms with Gasteiger partial charge in [-0.15, -0.1) is 0 Å². The van der Waals surface area contributed by atoms with Crippen molar-refractivity contribution in [2.24, 2.45) is 0 Å². The fourth-order valence-electron chi connectivity index (χ4n) is 0.354. The van der Waals surface area contributed by atoms with Crippen LogP contribution in [0.25, 0.3) is 0 Å². The summed E-state index contributed by atoms with van der Waals surface area (Å²) in [7, 11) is 0. The molecule has 0 unspecified atom stereocenters. The Bertz CT molecular complexity index is 23.9. The number of aliphatic hydroxyl groups excluding tert-OH is 1. The molecule has 0 aromatic carbocycles. The van der Waals surface area contributed by atoms with Crippen molar-refractivity contribution in [2.75, 3.05) is 6.61 Å². The topological polar surface area (TPSA) is 20.2 Å². The van der Waals surface area contributed by atoms with Crippen molar-refractivity contribution in [2.45, 2.75) is 53.9 Å². The molecule has 0 bridgehead atoms. The molecule has 0 aromatic rings. The van der Waals surface area contributed by atoms with Gasteiger partial charge in [-0.1, -0.05) is 47.5 Å². The van der Waals surface area contributed by atoms with Gasteiger partial charge in [0.2, 0.25) is 0 Å². The van der Waals surface area contributed by atoms with Crippen LogP contribution in [0, 0.1) is 0 Å². The van der Waals surface area contributed by atoms with Gasteiger partial charge in [0.1, 0.15) is 0 Å². The van der Waals surface area contributed by atoms with E-state index in [0.29, 0.717) is 6.61 Å². The molecule has 0 radical (unpaired) electrons. The summed E-state index contributed by atoms with van der Waals surface area (Å²) in [5.74, 6) is 0. The third-order valence-electron chi connectivity index (χ3n) is 0.931.